The van der Waals surface area contributed by atoms with Crippen LogP contribution in [0.15, 0.2) is 34.9 Å². The molecule has 0 amide bonds. The molecule has 0 aliphatic carbocycles. The number of nitrogens with zero attached hydrogens (tertiary/aromatic N) is 2. The molecule has 20 heavy (non-hydrogen) atoms. The van der Waals surface area contributed by atoms with Gasteiger partial charge in [-0.3, -0.25) is 0 Å². The van der Waals surface area contributed by atoms with Crippen LogP contribution in [-0.4, -0.2) is 25.9 Å². The molecule has 0 saturated carbocycles. The fourth-order valence-electron chi connectivity index (χ4n) is 2.03. The van der Waals surface area contributed by atoms with Crippen molar-refractivity contribution in [1.82, 2.24) is 10.5 Å². The van der Waals surface area contributed by atoms with E-state index >= 15 is 0 Å². The lowest BCUT2D eigenvalue weighted by Crippen LogP contribution is -2.16. The van der Waals surface area contributed by atoms with Gasteiger partial charge < -0.3 is 19.5 Å². The van der Waals surface area contributed by atoms with Crippen LogP contribution >= 0.6 is 0 Å². The lowest BCUT2D eigenvalue weighted by molar-refractivity contribution is 0.374. The molecule has 1 aromatic heterocycles. The number of hydrogen-bond acceptors (Lipinski definition) is 5. The molecule has 0 radical (unpaired) electrons. The molecule has 1 heterocycles. The van der Waals surface area contributed by atoms with Crippen molar-refractivity contribution in [3.63, 3.8) is 0 Å². The van der Waals surface area contributed by atoms with E-state index in [0.29, 0.717) is 6.54 Å². The van der Waals surface area contributed by atoms with Crippen molar-refractivity contribution in [3.8, 4) is 5.75 Å². The first-order chi connectivity index (χ1) is 9.74. The molecule has 1 aromatic carbocycles. The summed E-state index contributed by atoms with van der Waals surface area (Å²) in [5, 5.41) is 7.27. The van der Waals surface area contributed by atoms with Gasteiger partial charge in [-0.1, -0.05) is 24.2 Å². The maximum absolute atomic E-state index is 5.36. The SMILES string of the molecule is CCNCc1cc(CN(C)c2ccccc2OC)on1. The number of para-hydroxylation sites is 2. The van der Waals surface area contributed by atoms with Crippen molar-refractivity contribution in [2.24, 2.45) is 0 Å². The van der Waals surface area contributed by atoms with Crippen molar-refractivity contribution in [2.75, 3.05) is 25.6 Å². The summed E-state index contributed by atoms with van der Waals surface area (Å²) in [6, 6.07) is 9.90. The smallest absolute Gasteiger partial charge is 0.156 e. The van der Waals surface area contributed by atoms with Crippen molar-refractivity contribution in [2.45, 2.75) is 20.0 Å². The van der Waals surface area contributed by atoms with Gasteiger partial charge in [0.25, 0.3) is 0 Å². The Morgan fingerprint density at radius 2 is 2.15 bits per heavy atom. The van der Waals surface area contributed by atoms with E-state index in [1.54, 1.807) is 7.11 Å². The van der Waals surface area contributed by atoms with E-state index in [1.807, 2.05) is 37.4 Å². The van der Waals surface area contributed by atoms with E-state index in [1.165, 1.54) is 0 Å². The molecule has 2 aromatic rings. The minimum Gasteiger partial charge on any atom is -0.495 e. The van der Waals surface area contributed by atoms with Gasteiger partial charge >= 0.3 is 0 Å². The summed E-state index contributed by atoms with van der Waals surface area (Å²) in [4.78, 5) is 2.08. The van der Waals surface area contributed by atoms with Crippen LogP contribution in [-0.2, 0) is 13.1 Å². The van der Waals surface area contributed by atoms with Crippen molar-refractivity contribution in [3.05, 3.63) is 41.8 Å². The van der Waals surface area contributed by atoms with Crippen LogP contribution in [0, 0.1) is 0 Å². The van der Waals surface area contributed by atoms with Crippen LogP contribution in [0.4, 0.5) is 5.69 Å². The Morgan fingerprint density at radius 3 is 2.90 bits per heavy atom. The number of anilines is 1. The number of nitrogens with one attached hydrogen (secondary N) is 1. The third-order valence-corrected chi connectivity index (χ3v) is 3.05. The van der Waals surface area contributed by atoms with Crippen molar-refractivity contribution in [1.29, 1.82) is 0 Å². The Labute approximate surface area is 119 Å². The second kappa shape index (κ2) is 6.96. The van der Waals surface area contributed by atoms with Gasteiger partial charge in [0.05, 0.1) is 25.0 Å². The number of benzene rings is 1. The standard InChI is InChI=1S/C15H21N3O2/c1-4-16-10-12-9-13(20-17-12)11-18(2)14-7-5-6-8-15(14)19-3/h5-9,16H,4,10-11H2,1-3H3. The summed E-state index contributed by atoms with van der Waals surface area (Å²) in [7, 11) is 3.68. The van der Waals surface area contributed by atoms with Crippen LogP contribution in [0.25, 0.3) is 0 Å². The van der Waals surface area contributed by atoms with Gasteiger partial charge in [0.15, 0.2) is 5.76 Å². The van der Waals surface area contributed by atoms with Crippen molar-refractivity contribution >= 4 is 5.69 Å². The van der Waals surface area contributed by atoms with Gasteiger partial charge in [0.2, 0.25) is 0 Å². The molecule has 5 nitrogen and oxygen atoms in total. The number of aromatic nitrogens is 1. The van der Waals surface area contributed by atoms with E-state index in [-0.39, 0.29) is 0 Å². The third-order valence-electron chi connectivity index (χ3n) is 3.05. The second-order valence-electron chi connectivity index (χ2n) is 4.59. The highest BCUT2D eigenvalue weighted by Crippen LogP contribution is 2.27. The molecule has 0 unspecified atom stereocenters. The van der Waals surface area contributed by atoms with Gasteiger partial charge in [0.1, 0.15) is 5.75 Å². The minimum atomic E-state index is 0.652. The first-order valence-electron chi connectivity index (χ1n) is 6.74. The highest BCUT2D eigenvalue weighted by molar-refractivity contribution is 5.57. The monoisotopic (exact) mass is 275 g/mol. The topological polar surface area (TPSA) is 50.5 Å². The summed E-state index contributed by atoms with van der Waals surface area (Å²) in [5.41, 5.74) is 1.95. The lowest BCUT2D eigenvalue weighted by Gasteiger charge is -2.20. The van der Waals surface area contributed by atoms with Gasteiger partial charge in [-0.2, -0.15) is 0 Å². The fourth-order valence-corrected chi connectivity index (χ4v) is 2.03. The van der Waals surface area contributed by atoms with E-state index in [4.69, 9.17) is 9.26 Å². The van der Waals surface area contributed by atoms with E-state index < -0.39 is 0 Å². The quantitative estimate of drug-likeness (QED) is 0.841. The fraction of sp³-hybridized carbons (Fsp3) is 0.400. The molecule has 0 saturated heterocycles. The number of rotatable bonds is 7. The summed E-state index contributed by atoms with van der Waals surface area (Å²) in [6.45, 7) is 4.37. The Bertz CT molecular complexity index is 539. The molecular weight excluding hydrogens is 254 g/mol. The van der Waals surface area contributed by atoms with Crippen LogP contribution in [0.3, 0.4) is 0 Å². The largest absolute Gasteiger partial charge is 0.495 e. The summed E-state index contributed by atoms with van der Waals surface area (Å²) in [6.07, 6.45) is 0. The zero-order valence-corrected chi connectivity index (χ0v) is 12.2. The van der Waals surface area contributed by atoms with Gasteiger partial charge in [-0.25, -0.2) is 0 Å². The zero-order chi connectivity index (χ0) is 14.4. The Morgan fingerprint density at radius 1 is 1.35 bits per heavy atom. The molecule has 0 fully saturated rings. The van der Waals surface area contributed by atoms with E-state index in [9.17, 15) is 0 Å². The lowest BCUT2D eigenvalue weighted by atomic mass is 10.2. The van der Waals surface area contributed by atoms with Crippen LogP contribution in [0.5, 0.6) is 5.75 Å². The van der Waals surface area contributed by atoms with Gasteiger partial charge in [-0.15, -0.1) is 0 Å². The molecule has 2 rings (SSSR count). The highest BCUT2D eigenvalue weighted by atomic mass is 16.5. The maximum Gasteiger partial charge on any atom is 0.156 e. The van der Waals surface area contributed by atoms with Crippen LogP contribution in [0.1, 0.15) is 18.4 Å². The predicted octanol–water partition coefficient (Wildman–Crippen LogP) is 2.43. The Balaban J connectivity index is 2.03. The normalized spacial score (nSPS) is 10.6. The van der Waals surface area contributed by atoms with E-state index in [2.05, 4.69) is 22.3 Å². The molecule has 0 spiro atoms. The Kier molecular flexibility index (Phi) is 5.01. The van der Waals surface area contributed by atoms with Crippen LogP contribution < -0.4 is 15.0 Å². The average molecular weight is 275 g/mol. The predicted molar refractivity (Wildman–Crippen MR) is 79.0 cm³/mol. The van der Waals surface area contributed by atoms with E-state index in [0.717, 1.165) is 36.0 Å². The first-order valence-corrected chi connectivity index (χ1v) is 6.74. The molecule has 108 valence electrons. The Hall–Kier alpha value is -2.01. The summed E-state index contributed by atoms with van der Waals surface area (Å²) >= 11 is 0. The highest BCUT2D eigenvalue weighted by Gasteiger charge is 2.11. The zero-order valence-electron chi connectivity index (χ0n) is 12.2. The maximum atomic E-state index is 5.36. The number of ether oxygens (including phenoxy) is 1. The van der Waals surface area contributed by atoms with Gasteiger partial charge in [-0.05, 0) is 18.7 Å². The average Bonchev–Trinajstić information content (AvgIpc) is 2.92. The number of hydrogen-bond donors (Lipinski definition) is 1. The van der Waals surface area contributed by atoms with Gasteiger partial charge in [0, 0.05) is 19.7 Å². The molecule has 0 aliphatic rings. The number of methoxy groups -OCH3 is 1. The molecule has 0 aliphatic heterocycles. The first kappa shape index (κ1) is 14.4. The minimum absolute atomic E-state index is 0.652. The second-order valence-corrected chi connectivity index (χ2v) is 4.59. The molecule has 0 atom stereocenters. The summed E-state index contributed by atoms with van der Waals surface area (Å²) < 4.78 is 10.7. The van der Waals surface area contributed by atoms with Crippen molar-refractivity contribution < 1.29 is 9.26 Å². The molecular formula is C15H21N3O2. The summed E-state index contributed by atoms with van der Waals surface area (Å²) in [5.74, 6) is 1.69. The molecule has 0 bridgehead atoms. The molecule has 1 N–H and O–H groups in total. The van der Waals surface area contributed by atoms with Crippen LogP contribution in [0.2, 0.25) is 0 Å². The molecule has 5 heteroatoms. The third kappa shape index (κ3) is 3.51.